The van der Waals surface area contributed by atoms with Crippen LogP contribution in [0.1, 0.15) is 23.3 Å². The maximum atomic E-state index is 12.8. The Kier molecular flexibility index (Phi) is 4.20. The third-order valence-corrected chi connectivity index (χ3v) is 4.17. The van der Waals surface area contributed by atoms with E-state index in [1.807, 2.05) is 24.3 Å². The van der Waals surface area contributed by atoms with Crippen molar-refractivity contribution < 1.29 is 9.53 Å². The second-order valence-corrected chi connectivity index (χ2v) is 5.94. The molecule has 0 N–H and O–H groups in total. The molecule has 126 valence electrons. The molecule has 1 aromatic carbocycles. The van der Waals surface area contributed by atoms with Crippen molar-refractivity contribution in [1.29, 1.82) is 0 Å². The zero-order chi connectivity index (χ0) is 17.1. The lowest BCUT2D eigenvalue weighted by molar-refractivity contribution is 0.0520. The van der Waals surface area contributed by atoms with Crippen LogP contribution in [-0.4, -0.2) is 50.2 Å². The number of hydrogen-bond donors (Lipinski definition) is 0. The minimum Gasteiger partial charge on any atom is -0.471 e. The van der Waals surface area contributed by atoms with Crippen LogP contribution in [0.2, 0.25) is 0 Å². The van der Waals surface area contributed by atoms with Crippen LogP contribution in [0.3, 0.4) is 0 Å². The first-order valence-electron chi connectivity index (χ1n) is 8.25. The number of carbonyl (C=O) groups excluding carboxylic acids is 1. The van der Waals surface area contributed by atoms with Gasteiger partial charge in [0.25, 0.3) is 5.91 Å². The van der Waals surface area contributed by atoms with Gasteiger partial charge in [0.2, 0.25) is 5.88 Å². The number of aromatic nitrogens is 4. The van der Waals surface area contributed by atoms with Crippen molar-refractivity contribution in [2.24, 2.45) is 0 Å². The van der Waals surface area contributed by atoms with E-state index < -0.39 is 0 Å². The molecule has 3 heterocycles. The van der Waals surface area contributed by atoms with Crippen molar-refractivity contribution in [2.45, 2.75) is 18.9 Å². The lowest BCUT2D eigenvalue weighted by Gasteiger charge is -2.32. The van der Waals surface area contributed by atoms with E-state index in [2.05, 4.69) is 20.2 Å². The Morgan fingerprint density at radius 1 is 1.16 bits per heavy atom. The molecular weight excluding hydrogens is 318 g/mol. The Hall–Kier alpha value is -3.09. The number of fused-ring (bicyclic) bond motifs is 1. The molecular formula is C18H17N5O2. The fourth-order valence-corrected chi connectivity index (χ4v) is 2.96. The summed E-state index contributed by atoms with van der Waals surface area (Å²) in [4.78, 5) is 23.3. The van der Waals surface area contributed by atoms with Crippen molar-refractivity contribution in [3.63, 3.8) is 0 Å². The number of carbonyl (C=O) groups is 1. The number of amides is 1. The highest BCUT2D eigenvalue weighted by Crippen LogP contribution is 2.18. The Labute approximate surface area is 144 Å². The smallest absolute Gasteiger partial charge is 0.274 e. The van der Waals surface area contributed by atoms with E-state index >= 15 is 0 Å². The molecule has 0 bridgehead atoms. The van der Waals surface area contributed by atoms with Crippen LogP contribution < -0.4 is 4.74 Å². The normalized spacial score (nSPS) is 17.4. The van der Waals surface area contributed by atoms with E-state index in [1.165, 1.54) is 6.20 Å². The van der Waals surface area contributed by atoms with Crippen LogP contribution in [0.4, 0.5) is 0 Å². The molecule has 0 aliphatic carbocycles. The van der Waals surface area contributed by atoms with Gasteiger partial charge in [-0.05, 0) is 31.0 Å². The molecule has 1 amide bonds. The largest absolute Gasteiger partial charge is 0.471 e. The van der Waals surface area contributed by atoms with E-state index in [9.17, 15) is 4.79 Å². The molecule has 1 aliphatic rings. The fourth-order valence-electron chi connectivity index (χ4n) is 2.96. The lowest BCUT2D eigenvalue weighted by Crippen LogP contribution is -2.44. The summed E-state index contributed by atoms with van der Waals surface area (Å²) < 4.78 is 5.84. The van der Waals surface area contributed by atoms with Gasteiger partial charge in [-0.3, -0.25) is 9.78 Å². The highest BCUT2D eigenvalue weighted by molar-refractivity contribution is 5.93. The Morgan fingerprint density at radius 3 is 2.88 bits per heavy atom. The SMILES string of the molecule is O=C(c1cnc2ccccc2n1)N1CCCC(Oc2cccnn2)C1. The van der Waals surface area contributed by atoms with E-state index in [0.29, 0.717) is 24.7 Å². The van der Waals surface area contributed by atoms with Gasteiger partial charge >= 0.3 is 0 Å². The predicted octanol–water partition coefficient (Wildman–Crippen LogP) is 2.10. The van der Waals surface area contributed by atoms with E-state index in [0.717, 1.165) is 23.9 Å². The van der Waals surface area contributed by atoms with Crippen LogP contribution in [0.15, 0.2) is 48.8 Å². The third-order valence-electron chi connectivity index (χ3n) is 4.17. The summed E-state index contributed by atoms with van der Waals surface area (Å²) in [5, 5.41) is 7.74. The summed E-state index contributed by atoms with van der Waals surface area (Å²) in [6.07, 6.45) is 4.80. The molecule has 1 aliphatic heterocycles. The first-order valence-corrected chi connectivity index (χ1v) is 8.25. The number of hydrogen-bond acceptors (Lipinski definition) is 6. The summed E-state index contributed by atoms with van der Waals surface area (Å²) in [6.45, 7) is 1.19. The van der Waals surface area contributed by atoms with Gasteiger partial charge in [0.1, 0.15) is 11.8 Å². The number of likely N-dealkylation sites (tertiary alicyclic amines) is 1. The molecule has 1 saturated heterocycles. The predicted molar refractivity (Wildman–Crippen MR) is 91.1 cm³/mol. The first kappa shape index (κ1) is 15.4. The maximum Gasteiger partial charge on any atom is 0.274 e. The van der Waals surface area contributed by atoms with Crippen molar-refractivity contribution in [2.75, 3.05) is 13.1 Å². The van der Waals surface area contributed by atoms with E-state index in [4.69, 9.17) is 4.74 Å². The van der Waals surface area contributed by atoms with Crippen LogP contribution in [0.5, 0.6) is 5.88 Å². The zero-order valence-corrected chi connectivity index (χ0v) is 13.6. The van der Waals surface area contributed by atoms with Gasteiger partial charge in [-0.2, -0.15) is 5.10 Å². The van der Waals surface area contributed by atoms with Gasteiger partial charge in [-0.1, -0.05) is 12.1 Å². The average molecular weight is 335 g/mol. The molecule has 7 heteroatoms. The second kappa shape index (κ2) is 6.80. The molecule has 0 radical (unpaired) electrons. The summed E-state index contributed by atoms with van der Waals surface area (Å²) in [6, 6.07) is 11.1. The number of piperidine rings is 1. The van der Waals surface area contributed by atoms with Crippen molar-refractivity contribution in [1.82, 2.24) is 25.1 Å². The van der Waals surface area contributed by atoms with Crippen molar-refractivity contribution >= 4 is 16.9 Å². The second-order valence-electron chi connectivity index (χ2n) is 5.94. The molecule has 1 atom stereocenters. The molecule has 3 aromatic rings. The maximum absolute atomic E-state index is 12.8. The zero-order valence-electron chi connectivity index (χ0n) is 13.6. The summed E-state index contributed by atoms with van der Waals surface area (Å²) in [5.41, 5.74) is 1.86. The molecule has 1 unspecified atom stereocenters. The van der Waals surface area contributed by atoms with Crippen molar-refractivity contribution in [3.05, 3.63) is 54.5 Å². The first-order chi connectivity index (χ1) is 12.3. The summed E-state index contributed by atoms with van der Waals surface area (Å²) in [7, 11) is 0. The van der Waals surface area contributed by atoms with Crippen LogP contribution in [0.25, 0.3) is 11.0 Å². The Balaban J connectivity index is 1.49. The molecule has 0 saturated carbocycles. The topological polar surface area (TPSA) is 81.1 Å². The Morgan fingerprint density at radius 2 is 2.04 bits per heavy atom. The molecule has 0 spiro atoms. The van der Waals surface area contributed by atoms with Gasteiger partial charge in [0, 0.05) is 18.8 Å². The highest BCUT2D eigenvalue weighted by atomic mass is 16.5. The van der Waals surface area contributed by atoms with Gasteiger partial charge in [0.15, 0.2) is 0 Å². The van der Waals surface area contributed by atoms with Crippen LogP contribution >= 0.6 is 0 Å². The minimum absolute atomic E-state index is 0.0946. The van der Waals surface area contributed by atoms with Gasteiger partial charge in [-0.25, -0.2) is 4.98 Å². The standard InChI is InChI=1S/C18H17N5O2/c24-18(16-11-19-14-6-1-2-7-15(14)21-16)23-10-4-5-13(12-23)25-17-8-3-9-20-22-17/h1-3,6-9,11,13H,4-5,10,12H2. The quantitative estimate of drug-likeness (QED) is 0.729. The number of rotatable bonds is 3. The Bertz CT molecular complexity index is 887. The van der Waals surface area contributed by atoms with Gasteiger partial charge in [-0.15, -0.1) is 5.10 Å². The number of nitrogens with zero attached hydrogens (tertiary/aromatic N) is 5. The fraction of sp³-hybridized carbons (Fsp3) is 0.278. The molecule has 25 heavy (non-hydrogen) atoms. The monoisotopic (exact) mass is 335 g/mol. The summed E-state index contributed by atoms with van der Waals surface area (Å²) in [5.74, 6) is 0.359. The minimum atomic E-state index is -0.120. The molecule has 1 fully saturated rings. The highest BCUT2D eigenvalue weighted by Gasteiger charge is 2.27. The summed E-state index contributed by atoms with van der Waals surface area (Å²) >= 11 is 0. The molecule has 2 aromatic heterocycles. The van der Waals surface area contributed by atoms with Crippen LogP contribution in [0, 0.1) is 0 Å². The lowest BCUT2D eigenvalue weighted by atomic mass is 10.1. The van der Waals surface area contributed by atoms with Gasteiger partial charge < -0.3 is 9.64 Å². The van der Waals surface area contributed by atoms with E-state index in [-0.39, 0.29) is 12.0 Å². The number of benzene rings is 1. The molecule has 4 rings (SSSR count). The van der Waals surface area contributed by atoms with E-state index in [1.54, 1.807) is 23.2 Å². The van der Waals surface area contributed by atoms with Crippen molar-refractivity contribution in [3.8, 4) is 5.88 Å². The average Bonchev–Trinajstić information content (AvgIpc) is 2.68. The van der Waals surface area contributed by atoms with Crippen LogP contribution in [-0.2, 0) is 0 Å². The molecule has 7 nitrogen and oxygen atoms in total. The number of para-hydroxylation sites is 2. The third kappa shape index (κ3) is 3.40. The number of ether oxygens (including phenoxy) is 1. The van der Waals surface area contributed by atoms with Gasteiger partial charge in [0.05, 0.1) is 23.8 Å².